The molecule has 2 aromatic heterocycles. The van der Waals surface area contributed by atoms with E-state index in [1.54, 1.807) is 0 Å². The molecule has 6 heteroatoms. The van der Waals surface area contributed by atoms with Crippen molar-refractivity contribution in [1.82, 2.24) is 19.5 Å². The van der Waals surface area contributed by atoms with Crippen molar-refractivity contribution in [2.45, 2.75) is 44.9 Å². The molecule has 0 aliphatic heterocycles. The molecule has 0 radical (unpaired) electrons. The fourth-order valence-electron chi connectivity index (χ4n) is 3.79. The van der Waals surface area contributed by atoms with E-state index in [0.29, 0.717) is 17.9 Å². The number of imidazole rings is 1. The second-order valence-electron chi connectivity index (χ2n) is 7.53. The first-order valence-electron chi connectivity index (χ1n) is 10.3. The number of hydrogen-bond donors (Lipinski definition) is 1. The van der Waals surface area contributed by atoms with Crippen LogP contribution >= 0.6 is 0 Å². The second-order valence-corrected chi connectivity index (χ2v) is 7.53. The third-order valence-corrected chi connectivity index (χ3v) is 5.45. The Morgan fingerprint density at radius 1 is 0.933 bits per heavy atom. The van der Waals surface area contributed by atoms with Gasteiger partial charge in [-0.3, -0.25) is 0 Å². The number of nitrogens with zero attached hydrogens (tertiary/aromatic N) is 4. The van der Waals surface area contributed by atoms with Gasteiger partial charge in [-0.2, -0.15) is 0 Å². The van der Waals surface area contributed by atoms with Gasteiger partial charge in [0, 0.05) is 0 Å². The number of anilines is 1. The normalized spacial score (nSPS) is 13.4. The zero-order valence-electron chi connectivity index (χ0n) is 17.2. The number of fused-ring (bicyclic) bond motifs is 1. The molecule has 0 amide bonds. The molecule has 0 bridgehead atoms. The van der Waals surface area contributed by atoms with E-state index >= 15 is 0 Å². The van der Waals surface area contributed by atoms with E-state index in [1.165, 1.54) is 11.9 Å². The lowest BCUT2D eigenvalue weighted by Crippen LogP contribution is -2.24. The van der Waals surface area contributed by atoms with Crippen LogP contribution in [0, 0.1) is 0 Å². The minimum Gasteiger partial charge on any atom is -0.382 e. The summed E-state index contributed by atoms with van der Waals surface area (Å²) >= 11 is 0. The van der Waals surface area contributed by atoms with Crippen molar-refractivity contribution in [3.63, 3.8) is 0 Å². The van der Waals surface area contributed by atoms with E-state index in [-0.39, 0.29) is 12.1 Å². The maximum Gasteiger partial charge on any atom is 0.165 e. The molecule has 0 unspecified atom stereocenters. The van der Waals surface area contributed by atoms with E-state index in [1.807, 2.05) is 30.6 Å². The molecule has 0 aliphatic carbocycles. The Hall–Kier alpha value is -3.25. The number of aryl methyl sites for hydroxylation is 1. The quantitative estimate of drug-likeness (QED) is 0.444. The average molecular weight is 402 g/mol. The fraction of sp³-hybridized carbons (Fsp3) is 0.292. The lowest BCUT2D eigenvalue weighted by atomic mass is 10.0. The van der Waals surface area contributed by atoms with Crippen LogP contribution in [0.15, 0.2) is 73.3 Å². The van der Waals surface area contributed by atoms with Crippen LogP contribution in [0.3, 0.4) is 0 Å². The number of hydrogen-bond acceptors (Lipinski definition) is 5. The zero-order chi connectivity index (χ0) is 20.8. The SMILES string of the molecule is C[C@H](OCc1ccccc1)[C@@H](CCCc1ccccc1)n1cnc2c(N)ncnc21. The Morgan fingerprint density at radius 3 is 2.37 bits per heavy atom. The lowest BCUT2D eigenvalue weighted by molar-refractivity contribution is 0.0152. The highest BCUT2D eigenvalue weighted by Gasteiger charge is 2.23. The summed E-state index contributed by atoms with van der Waals surface area (Å²) in [5.74, 6) is 0.402. The summed E-state index contributed by atoms with van der Waals surface area (Å²) in [6.07, 6.45) is 6.28. The predicted molar refractivity (Wildman–Crippen MR) is 119 cm³/mol. The summed E-state index contributed by atoms with van der Waals surface area (Å²) in [6.45, 7) is 2.69. The van der Waals surface area contributed by atoms with E-state index in [0.717, 1.165) is 30.5 Å². The van der Waals surface area contributed by atoms with Gasteiger partial charge in [0.05, 0.1) is 25.1 Å². The first-order chi connectivity index (χ1) is 14.7. The highest BCUT2D eigenvalue weighted by Crippen LogP contribution is 2.27. The summed E-state index contributed by atoms with van der Waals surface area (Å²) < 4.78 is 8.36. The van der Waals surface area contributed by atoms with Crippen LogP contribution < -0.4 is 5.73 Å². The van der Waals surface area contributed by atoms with Crippen molar-refractivity contribution in [3.05, 3.63) is 84.4 Å². The number of nitrogens with two attached hydrogens (primary N) is 1. The van der Waals surface area contributed by atoms with Crippen LogP contribution in [0.2, 0.25) is 0 Å². The topological polar surface area (TPSA) is 78.9 Å². The molecule has 2 N–H and O–H groups in total. The summed E-state index contributed by atoms with van der Waals surface area (Å²) in [5.41, 5.74) is 9.90. The minimum absolute atomic E-state index is 0.0189. The Labute approximate surface area is 176 Å². The lowest BCUT2D eigenvalue weighted by Gasteiger charge is -2.26. The van der Waals surface area contributed by atoms with Crippen molar-refractivity contribution in [3.8, 4) is 0 Å². The second kappa shape index (κ2) is 9.50. The number of ether oxygens (including phenoxy) is 1. The van der Waals surface area contributed by atoms with E-state index < -0.39 is 0 Å². The van der Waals surface area contributed by atoms with Gasteiger partial charge >= 0.3 is 0 Å². The Bertz CT molecular complexity index is 1060. The molecule has 6 nitrogen and oxygen atoms in total. The Morgan fingerprint density at radius 2 is 1.63 bits per heavy atom. The van der Waals surface area contributed by atoms with Crippen molar-refractivity contribution in [1.29, 1.82) is 0 Å². The molecule has 30 heavy (non-hydrogen) atoms. The standard InChI is InChI=1S/C24H27N5O/c1-18(30-15-20-11-6-3-7-12-20)21(14-8-13-19-9-4-2-5-10-19)29-17-28-22-23(25)26-16-27-24(22)29/h2-7,9-12,16-18,21H,8,13-15H2,1H3,(H2,25,26,27)/t18-,21+/m0/s1. The van der Waals surface area contributed by atoms with Gasteiger partial charge in [0.25, 0.3) is 0 Å². The van der Waals surface area contributed by atoms with Crippen molar-refractivity contribution in [2.75, 3.05) is 5.73 Å². The summed E-state index contributed by atoms with van der Waals surface area (Å²) in [4.78, 5) is 13.0. The van der Waals surface area contributed by atoms with Crippen molar-refractivity contribution >= 4 is 17.0 Å². The number of rotatable bonds is 9. The van der Waals surface area contributed by atoms with Gasteiger partial charge in [-0.1, -0.05) is 60.7 Å². The molecular weight excluding hydrogens is 374 g/mol. The number of aromatic nitrogens is 4. The molecule has 0 saturated carbocycles. The molecule has 2 atom stereocenters. The molecule has 154 valence electrons. The molecule has 0 spiro atoms. The monoisotopic (exact) mass is 401 g/mol. The van der Waals surface area contributed by atoms with Gasteiger partial charge < -0.3 is 15.0 Å². The van der Waals surface area contributed by atoms with Crippen molar-refractivity contribution in [2.24, 2.45) is 0 Å². The predicted octanol–water partition coefficient (Wildman–Crippen LogP) is 4.58. The maximum atomic E-state index is 6.27. The number of benzene rings is 2. The maximum absolute atomic E-state index is 6.27. The highest BCUT2D eigenvalue weighted by molar-refractivity contribution is 5.81. The van der Waals surface area contributed by atoms with Crippen LogP contribution in [-0.2, 0) is 17.8 Å². The fourth-order valence-corrected chi connectivity index (χ4v) is 3.79. The molecular formula is C24H27N5O. The van der Waals surface area contributed by atoms with Crippen LogP contribution in [0.5, 0.6) is 0 Å². The first kappa shape index (κ1) is 20.0. The summed E-state index contributed by atoms with van der Waals surface area (Å²) in [5, 5.41) is 0. The molecule has 0 saturated heterocycles. The van der Waals surface area contributed by atoms with Gasteiger partial charge in [-0.15, -0.1) is 0 Å². The summed E-state index contributed by atoms with van der Waals surface area (Å²) in [6, 6.07) is 20.9. The zero-order valence-corrected chi connectivity index (χ0v) is 17.2. The Kier molecular flexibility index (Phi) is 6.35. The van der Waals surface area contributed by atoms with Gasteiger partial charge in [0.2, 0.25) is 0 Å². The molecule has 4 aromatic rings. The third-order valence-electron chi connectivity index (χ3n) is 5.45. The third kappa shape index (κ3) is 4.66. The first-order valence-corrected chi connectivity index (χ1v) is 10.3. The number of nitrogen functional groups attached to an aromatic ring is 1. The molecule has 0 fully saturated rings. The van der Waals surface area contributed by atoms with E-state index in [2.05, 4.69) is 62.8 Å². The summed E-state index contributed by atoms with van der Waals surface area (Å²) in [7, 11) is 0. The minimum atomic E-state index is -0.0189. The average Bonchev–Trinajstić information content (AvgIpc) is 3.22. The van der Waals surface area contributed by atoms with Crippen LogP contribution in [0.25, 0.3) is 11.2 Å². The molecule has 2 aromatic carbocycles. The van der Waals surface area contributed by atoms with Crippen LogP contribution in [0.1, 0.15) is 36.9 Å². The van der Waals surface area contributed by atoms with Gasteiger partial charge in [-0.25, -0.2) is 15.0 Å². The molecule has 2 heterocycles. The van der Waals surface area contributed by atoms with E-state index in [4.69, 9.17) is 10.5 Å². The van der Waals surface area contributed by atoms with Crippen LogP contribution in [0.4, 0.5) is 5.82 Å². The van der Waals surface area contributed by atoms with Crippen molar-refractivity contribution < 1.29 is 4.74 Å². The van der Waals surface area contributed by atoms with Gasteiger partial charge in [-0.05, 0) is 37.3 Å². The van der Waals surface area contributed by atoms with Gasteiger partial charge in [0.15, 0.2) is 11.5 Å². The smallest absolute Gasteiger partial charge is 0.165 e. The molecule has 0 aliphatic rings. The molecule has 4 rings (SSSR count). The highest BCUT2D eigenvalue weighted by atomic mass is 16.5. The van der Waals surface area contributed by atoms with Gasteiger partial charge in [0.1, 0.15) is 11.8 Å². The van der Waals surface area contributed by atoms with Crippen LogP contribution in [-0.4, -0.2) is 25.6 Å². The Balaban J connectivity index is 1.52. The largest absolute Gasteiger partial charge is 0.382 e. The van der Waals surface area contributed by atoms with E-state index in [9.17, 15) is 0 Å².